The summed E-state index contributed by atoms with van der Waals surface area (Å²) in [6, 6.07) is 7.63. The number of benzene rings is 1. The molecule has 1 saturated heterocycles. The number of hydrogen-bond acceptors (Lipinski definition) is 7. The Kier molecular flexibility index (Phi) is 5.41. The van der Waals surface area contributed by atoms with Gasteiger partial charge in [-0.1, -0.05) is 29.8 Å². The van der Waals surface area contributed by atoms with Crippen LogP contribution in [-0.2, 0) is 4.74 Å². The maximum atomic E-state index is 14.1. The van der Waals surface area contributed by atoms with Gasteiger partial charge in [0.1, 0.15) is 30.2 Å². The van der Waals surface area contributed by atoms with Crippen LogP contribution >= 0.6 is 11.6 Å². The predicted octanol–water partition coefficient (Wildman–Crippen LogP) is 1.85. The first-order chi connectivity index (χ1) is 13.9. The van der Waals surface area contributed by atoms with Crippen LogP contribution in [0.5, 0.6) is 0 Å². The topological polar surface area (TPSA) is 112 Å². The lowest BCUT2D eigenvalue weighted by Gasteiger charge is -2.18. The van der Waals surface area contributed by atoms with Crippen molar-refractivity contribution in [3.8, 4) is 0 Å². The van der Waals surface area contributed by atoms with E-state index < -0.39 is 31.0 Å². The molecule has 2 aromatic heterocycles. The molecule has 4 N–H and O–H groups in total. The molecule has 0 saturated carbocycles. The summed E-state index contributed by atoms with van der Waals surface area (Å²) in [7, 11) is 0. The fourth-order valence-electron chi connectivity index (χ4n) is 3.54. The van der Waals surface area contributed by atoms with Crippen LogP contribution in [0.3, 0.4) is 0 Å². The van der Waals surface area contributed by atoms with Crippen LogP contribution in [0.15, 0.2) is 36.5 Å². The maximum Gasteiger partial charge on any atom is 0.177 e. The molecule has 4 rings (SSSR count). The molecule has 8 nitrogen and oxygen atoms in total. The second-order valence-corrected chi connectivity index (χ2v) is 7.33. The Labute approximate surface area is 170 Å². The summed E-state index contributed by atoms with van der Waals surface area (Å²) >= 11 is 6.17. The molecule has 1 fully saturated rings. The van der Waals surface area contributed by atoms with Crippen molar-refractivity contribution in [1.29, 1.82) is 0 Å². The minimum atomic E-state index is -1.26. The van der Waals surface area contributed by atoms with E-state index in [9.17, 15) is 19.7 Å². The standard InChI is InChI=1S/C19H20ClFN4O4/c1-9(10-4-2-3-5-11(10)21)23-12-6-15(20)24-25-13(7-22-19(12)25)18-17(28)16(27)14(8-26)29-18/h2-7,9,14,16-18,23,26-28H,8H2,1H3/t9-,14+,16+,17+,18-/m0/s1. The summed E-state index contributed by atoms with van der Waals surface area (Å²) in [5.41, 5.74) is 1.75. The second-order valence-electron chi connectivity index (χ2n) is 6.95. The SMILES string of the molecule is C[C@H](Nc1cc(Cl)nn2c([C@@H]3O[C@H](CO)[C@@H](O)[C@H]3O)cnc12)c1ccccc1F. The average molecular weight is 423 g/mol. The minimum absolute atomic E-state index is 0.145. The zero-order valence-electron chi connectivity index (χ0n) is 15.4. The highest BCUT2D eigenvalue weighted by atomic mass is 35.5. The smallest absolute Gasteiger partial charge is 0.177 e. The predicted molar refractivity (Wildman–Crippen MR) is 103 cm³/mol. The summed E-state index contributed by atoms with van der Waals surface area (Å²) in [5.74, 6) is -0.334. The van der Waals surface area contributed by atoms with Crippen molar-refractivity contribution in [3.63, 3.8) is 0 Å². The van der Waals surface area contributed by atoms with E-state index in [1.807, 2.05) is 0 Å². The van der Waals surface area contributed by atoms with Crippen molar-refractivity contribution in [2.24, 2.45) is 0 Å². The molecule has 154 valence electrons. The monoisotopic (exact) mass is 422 g/mol. The largest absolute Gasteiger partial charge is 0.394 e. The third kappa shape index (κ3) is 3.56. The van der Waals surface area contributed by atoms with E-state index in [4.69, 9.17) is 16.3 Å². The van der Waals surface area contributed by atoms with Gasteiger partial charge in [0, 0.05) is 11.6 Å². The Morgan fingerprint density at radius 2 is 2.07 bits per heavy atom. The quantitative estimate of drug-likeness (QED) is 0.496. The number of hydrogen-bond donors (Lipinski definition) is 4. The number of halogens is 2. The second kappa shape index (κ2) is 7.85. The number of aliphatic hydroxyl groups is 3. The van der Waals surface area contributed by atoms with E-state index in [-0.39, 0.29) is 17.0 Å². The van der Waals surface area contributed by atoms with Crippen LogP contribution in [0.1, 0.15) is 30.3 Å². The van der Waals surface area contributed by atoms with Crippen molar-refractivity contribution in [2.75, 3.05) is 11.9 Å². The van der Waals surface area contributed by atoms with E-state index in [0.29, 0.717) is 22.6 Å². The molecule has 29 heavy (non-hydrogen) atoms. The lowest BCUT2D eigenvalue weighted by atomic mass is 10.1. The average Bonchev–Trinajstić information content (AvgIpc) is 3.23. The lowest BCUT2D eigenvalue weighted by molar-refractivity contribution is -0.0244. The van der Waals surface area contributed by atoms with Gasteiger partial charge in [-0.05, 0) is 13.0 Å². The molecule has 5 atom stereocenters. The zero-order chi connectivity index (χ0) is 20.7. The summed E-state index contributed by atoms with van der Waals surface area (Å²) in [5, 5.41) is 37.2. The molecular formula is C19H20ClFN4O4. The molecule has 1 aromatic carbocycles. The van der Waals surface area contributed by atoms with E-state index in [1.54, 1.807) is 31.2 Å². The molecule has 1 aliphatic heterocycles. The van der Waals surface area contributed by atoms with Crippen molar-refractivity contribution >= 4 is 22.9 Å². The Bertz CT molecular complexity index is 1030. The van der Waals surface area contributed by atoms with Gasteiger partial charge in [0.05, 0.1) is 30.2 Å². The zero-order valence-corrected chi connectivity index (χ0v) is 16.2. The van der Waals surface area contributed by atoms with Crippen LogP contribution in [0, 0.1) is 5.82 Å². The Balaban J connectivity index is 1.70. The van der Waals surface area contributed by atoms with Crippen LogP contribution in [-0.4, -0.2) is 54.8 Å². The van der Waals surface area contributed by atoms with E-state index >= 15 is 0 Å². The molecule has 0 amide bonds. The summed E-state index contributed by atoms with van der Waals surface area (Å²) in [6.45, 7) is 1.37. The highest BCUT2D eigenvalue weighted by Crippen LogP contribution is 2.35. The van der Waals surface area contributed by atoms with Crippen LogP contribution < -0.4 is 5.32 Å². The van der Waals surface area contributed by atoms with E-state index in [2.05, 4.69) is 15.4 Å². The minimum Gasteiger partial charge on any atom is -0.394 e. The number of rotatable bonds is 5. The first kappa shape index (κ1) is 20.0. The molecule has 0 unspecified atom stereocenters. The van der Waals surface area contributed by atoms with Crippen molar-refractivity contribution < 1.29 is 24.4 Å². The van der Waals surface area contributed by atoms with Crippen LogP contribution in [0.4, 0.5) is 10.1 Å². The first-order valence-corrected chi connectivity index (χ1v) is 9.46. The summed E-state index contributed by atoms with van der Waals surface area (Å²) < 4.78 is 21.1. The Morgan fingerprint density at radius 3 is 2.76 bits per heavy atom. The van der Waals surface area contributed by atoms with Gasteiger partial charge >= 0.3 is 0 Å². The highest BCUT2D eigenvalue weighted by Gasteiger charge is 2.44. The molecule has 1 aliphatic rings. The number of anilines is 1. The lowest BCUT2D eigenvalue weighted by Crippen LogP contribution is -2.32. The fraction of sp³-hybridized carbons (Fsp3) is 0.368. The van der Waals surface area contributed by atoms with Crippen LogP contribution in [0.2, 0.25) is 5.15 Å². The Hall–Kier alpha value is -2.30. The van der Waals surface area contributed by atoms with Crippen molar-refractivity contribution in [3.05, 3.63) is 58.8 Å². The number of aliphatic hydroxyl groups excluding tert-OH is 3. The number of imidazole rings is 1. The molecule has 3 aromatic rings. The van der Waals surface area contributed by atoms with Gasteiger partial charge in [-0.3, -0.25) is 0 Å². The third-order valence-corrected chi connectivity index (χ3v) is 5.23. The molecule has 0 bridgehead atoms. The van der Waals surface area contributed by atoms with Gasteiger partial charge in [0.2, 0.25) is 0 Å². The van der Waals surface area contributed by atoms with E-state index in [0.717, 1.165) is 0 Å². The van der Waals surface area contributed by atoms with Gasteiger partial charge in [-0.25, -0.2) is 13.9 Å². The number of nitrogens with one attached hydrogen (secondary N) is 1. The molecule has 0 radical (unpaired) electrons. The van der Waals surface area contributed by atoms with Gasteiger partial charge in [0.25, 0.3) is 0 Å². The van der Waals surface area contributed by atoms with Crippen LogP contribution in [0.25, 0.3) is 5.65 Å². The van der Waals surface area contributed by atoms with Crippen molar-refractivity contribution in [2.45, 2.75) is 37.4 Å². The molecule has 10 heteroatoms. The molecule has 3 heterocycles. The summed E-state index contributed by atoms with van der Waals surface area (Å²) in [6.07, 6.45) is -2.91. The molecule has 0 spiro atoms. The third-order valence-electron chi connectivity index (χ3n) is 5.04. The number of aromatic nitrogens is 3. The van der Waals surface area contributed by atoms with Gasteiger partial charge < -0.3 is 25.4 Å². The fourth-order valence-corrected chi connectivity index (χ4v) is 3.72. The van der Waals surface area contributed by atoms with Gasteiger partial charge in [-0.15, -0.1) is 0 Å². The van der Waals surface area contributed by atoms with Gasteiger partial charge in [-0.2, -0.15) is 5.10 Å². The number of fused-ring (bicyclic) bond motifs is 1. The molecule has 0 aliphatic carbocycles. The number of ether oxygens (including phenoxy) is 1. The van der Waals surface area contributed by atoms with E-state index in [1.165, 1.54) is 16.8 Å². The normalized spacial score (nSPS) is 25.4. The van der Waals surface area contributed by atoms with Crippen molar-refractivity contribution in [1.82, 2.24) is 14.6 Å². The maximum absolute atomic E-state index is 14.1. The highest BCUT2D eigenvalue weighted by molar-refractivity contribution is 6.29. The number of nitrogens with zero attached hydrogens (tertiary/aromatic N) is 3. The molecular weight excluding hydrogens is 403 g/mol. The summed E-state index contributed by atoms with van der Waals surface area (Å²) in [4.78, 5) is 4.33. The van der Waals surface area contributed by atoms with Gasteiger partial charge in [0.15, 0.2) is 10.8 Å². The Morgan fingerprint density at radius 1 is 1.31 bits per heavy atom. The first-order valence-electron chi connectivity index (χ1n) is 9.08.